The molecular formula is C27H32N4O2. The first-order chi connectivity index (χ1) is 16.1. The average molecular weight is 445 g/mol. The zero-order valence-corrected chi connectivity index (χ0v) is 19.6. The van der Waals surface area contributed by atoms with Gasteiger partial charge in [0.2, 0.25) is 0 Å². The van der Waals surface area contributed by atoms with Crippen molar-refractivity contribution >= 4 is 23.3 Å². The summed E-state index contributed by atoms with van der Waals surface area (Å²) in [6, 6.07) is 6.17. The molecule has 2 aromatic rings. The molecule has 6 heteroatoms. The van der Waals surface area contributed by atoms with Gasteiger partial charge < -0.3 is 4.90 Å². The van der Waals surface area contributed by atoms with Crippen molar-refractivity contribution in [2.75, 3.05) is 31.1 Å². The van der Waals surface area contributed by atoms with Crippen LogP contribution in [0.1, 0.15) is 78.5 Å². The van der Waals surface area contributed by atoms with E-state index in [4.69, 9.17) is 4.98 Å². The summed E-state index contributed by atoms with van der Waals surface area (Å²) in [6.07, 6.45) is 7.99. The third-order valence-electron chi connectivity index (χ3n) is 7.05. The molecule has 0 radical (unpaired) electrons. The van der Waals surface area contributed by atoms with Crippen molar-refractivity contribution in [1.82, 2.24) is 14.9 Å². The van der Waals surface area contributed by atoms with E-state index in [1.807, 2.05) is 32.2 Å². The Morgan fingerprint density at radius 2 is 1.91 bits per heavy atom. The van der Waals surface area contributed by atoms with Crippen molar-refractivity contribution in [1.29, 1.82) is 0 Å². The van der Waals surface area contributed by atoms with Crippen molar-refractivity contribution in [3.63, 3.8) is 0 Å². The minimum atomic E-state index is 0.120. The molecule has 5 rings (SSSR count). The third kappa shape index (κ3) is 4.62. The molecule has 0 N–H and O–H groups in total. The molecule has 0 spiro atoms. The smallest absolute Gasteiger partial charge is 0.180 e. The first-order valence-electron chi connectivity index (χ1n) is 12.3. The number of hydrogen-bond acceptors (Lipinski definition) is 6. The second-order valence-electron chi connectivity index (χ2n) is 9.43. The van der Waals surface area contributed by atoms with Crippen molar-refractivity contribution in [2.45, 2.75) is 58.4 Å². The molecule has 1 aliphatic heterocycles. The number of ketones is 2. The SMILES string of the molecule is CCC(=O)c1ccc(N2CCN(Cc3cnc4c(c3)CC(=O)C(CC)=C4)CC2)c(C2CC2)n1. The monoisotopic (exact) mass is 444 g/mol. The van der Waals surface area contributed by atoms with Gasteiger partial charge in [0.15, 0.2) is 11.6 Å². The molecular weight excluding hydrogens is 412 g/mol. The topological polar surface area (TPSA) is 66.4 Å². The zero-order valence-electron chi connectivity index (χ0n) is 19.6. The molecule has 0 amide bonds. The van der Waals surface area contributed by atoms with Crippen LogP contribution in [-0.4, -0.2) is 52.6 Å². The lowest BCUT2D eigenvalue weighted by Crippen LogP contribution is -2.46. The predicted molar refractivity (Wildman–Crippen MR) is 130 cm³/mol. The zero-order chi connectivity index (χ0) is 22.9. The lowest BCUT2D eigenvalue weighted by molar-refractivity contribution is -0.115. The second-order valence-corrected chi connectivity index (χ2v) is 9.43. The molecule has 0 bridgehead atoms. The maximum absolute atomic E-state index is 12.3. The molecule has 1 saturated carbocycles. The van der Waals surface area contributed by atoms with E-state index in [1.165, 1.54) is 24.1 Å². The summed E-state index contributed by atoms with van der Waals surface area (Å²) in [5.74, 6) is 0.855. The van der Waals surface area contributed by atoms with Gasteiger partial charge in [-0.1, -0.05) is 19.9 Å². The highest BCUT2D eigenvalue weighted by atomic mass is 16.1. The van der Waals surface area contributed by atoms with Crippen molar-refractivity contribution in [2.24, 2.45) is 0 Å². The quantitative estimate of drug-likeness (QED) is 0.597. The van der Waals surface area contributed by atoms with Gasteiger partial charge in [0, 0.05) is 57.7 Å². The number of hydrogen-bond donors (Lipinski definition) is 0. The summed E-state index contributed by atoms with van der Waals surface area (Å²) in [5, 5.41) is 0. The highest BCUT2D eigenvalue weighted by Crippen LogP contribution is 2.43. The van der Waals surface area contributed by atoms with Gasteiger partial charge in [-0.2, -0.15) is 0 Å². The fraction of sp³-hybridized carbons (Fsp3) is 0.481. The number of rotatable bonds is 7. The van der Waals surface area contributed by atoms with Gasteiger partial charge >= 0.3 is 0 Å². The number of carbonyl (C=O) groups is 2. The van der Waals surface area contributed by atoms with E-state index in [0.717, 1.165) is 61.7 Å². The number of fused-ring (bicyclic) bond motifs is 1. The molecule has 172 valence electrons. The van der Waals surface area contributed by atoms with Gasteiger partial charge in [-0.15, -0.1) is 0 Å². The number of anilines is 1. The minimum absolute atomic E-state index is 0.120. The lowest BCUT2D eigenvalue weighted by atomic mass is 9.92. The lowest BCUT2D eigenvalue weighted by Gasteiger charge is -2.37. The van der Waals surface area contributed by atoms with E-state index in [1.54, 1.807) is 0 Å². The minimum Gasteiger partial charge on any atom is -0.367 e. The number of aromatic nitrogens is 2. The second kappa shape index (κ2) is 9.18. The molecule has 6 nitrogen and oxygen atoms in total. The molecule has 1 saturated heterocycles. The van der Waals surface area contributed by atoms with E-state index in [9.17, 15) is 9.59 Å². The highest BCUT2D eigenvalue weighted by Gasteiger charge is 2.31. The summed E-state index contributed by atoms with van der Waals surface area (Å²) >= 11 is 0. The van der Waals surface area contributed by atoms with E-state index >= 15 is 0 Å². The van der Waals surface area contributed by atoms with Crippen molar-refractivity contribution in [3.05, 3.63) is 58.2 Å². The van der Waals surface area contributed by atoms with Crippen LogP contribution in [0.25, 0.3) is 6.08 Å². The molecule has 0 unspecified atom stereocenters. The summed E-state index contributed by atoms with van der Waals surface area (Å²) < 4.78 is 0. The van der Waals surface area contributed by atoms with Gasteiger partial charge in [0.1, 0.15) is 5.69 Å². The summed E-state index contributed by atoms with van der Waals surface area (Å²) in [7, 11) is 0. The van der Waals surface area contributed by atoms with Crippen molar-refractivity contribution in [3.8, 4) is 0 Å². The Balaban J connectivity index is 1.24. The Labute approximate surface area is 195 Å². The number of nitrogens with zero attached hydrogens (tertiary/aromatic N) is 4. The van der Waals surface area contributed by atoms with Crippen LogP contribution in [0.4, 0.5) is 5.69 Å². The Bertz CT molecular complexity index is 1110. The maximum atomic E-state index is 12.3. The summed E-state index contributed by atoms with van der Waals surface area (Å²) in [5.41, 5.74) is 6.99. The van der Waals surface area contributed by atoms with Gasteiger partial charge in [-0.25, -0.2) is 4.98 Å². The van der Waals surface area contributed by atoms with Crippen molar-refractivity contribution < 1.29 is 9.59 Å². The van der Waals surface area contributed by atoms with Crippen LogP contribution >= 0.6 is 0 Å². The van der Waals surface area contributed by atoms with Crippen LogP contribution in [-0.2, 0) is 17.8 Å². The molecule has 33 heavy (non-hydrogen) atoms. The first-order valence-corrected chi connectivity index (χ1v) is 12.3. The van der Waals surface area contributed by atoms with Crippen LogP contribution in [0, 0.1) is 0 Å². The van der Waals surface area contributed by atoms with Gasteiger partial charge in [0.05, 0.1) is 17.1 Å². The fourth-order valence-electron chi connectivity index (χ4n) is 4.89. The number of carbonyl (C=O) groups excluding carboxylic acids is 2. The van der Waals surface area contributed by atoms with E-state index in [0.29, 0.717) is 24.5 Å². The van der Waals surface area contributed by atoms with E-state index in [-0.39, 0.29) is 11.6 Å². The Morgan fingerprint density at radius 1 is 1.12 bits per heavy atom. The first kappa shape index (κ1) is 22.0. The number of piperazine rings is 1. The molecule has 2 aliphatic carbocycles. The Hall–Kier alpha value is -2.86. The van der Waals surface area contributed by atoms with Gasteiger partial charge in [-0.05, 0) is 54.2 Å². The van der Waals surface area contributed by atoms with Crippen LogP contribution in [0.15, 0.2) is 30.0 Å². The normalized spacial score (nSPS) is 18.8. The Kier molecular flexibility index (Phi) is 6.11. The van der Waals surface area contributed by atoms with Crippen LogP contribution < -0.4 is 4.90 Å². The Morgan fingerprint density at radius 3 is 2.61 bits per heavy atom. The maximum Gasteiger partial charge on any atom is 0.180 e. The molecule has 3 heterocycles. The molecule has 0 atom stereocenters. The number of allylic oxidation sites excluding steroid dienone is 1. The van der Waals surface area contributed by atoms with Gasteiger partial charge in [-0.3, -0.25) is 19.5 Å². The fourth-order valence-corrected chi connectivity index (χ4v) is 4.89. The summed E-state index contributed by atoms with van der Waals surface area (Å²) in [6.45, 7) is 8.59. The standard InChI is InChI=1S/C27H32N4O2/c1-3-19-14-23-21(15-26(19)33)13-18(16-28-23)17-30-9-11-31(12-10-30)24-8-7-22(25(32)4-2)29-27(24)20-5-6-20/h7-8,13-14,16,20H,3-6,9-12,15,17H2,1-2H3. The van der Waals surface area contributed by atoms with Gasteiger partial charge in [0.25, 0.3) is 0 Å². The molecule has 2 fully saturated rings. The van der Waals surface area contributed by atoms with E-state index in [2.05, 4.69) is 26.9 Å². The molecule has 2 aromatic heterocycles. The van der Waals surface area contributed by atoms with Crippen LogP contribution in [0.2, 0.25) is 0 Å². The largest absolute Gasteiger partial charge is 0.367 e. The van der Waals surface area contributed by atoms with Crippen LogP contribution in [0.5, 0.6) is 0 Å². The average Bonchev–Trinajstić information content (AvgIpc) is 3.69. The van der Waals surface area contributed by atoms with Crippen LogP contribution in [0.3, 0.4) is 0 Å². The summed E-state index contributed by atoms with van der Waals surface area (Å²) in [4.78, 5) is 38.7. The molecule has 0 aromatic carbocycles. The number of Topliss-reactive ketones (excluding diaryl/α,β-unsaturated/α-hetero) is 2. The molecule has 3 aliphatic rings. The number of pyridine rings is 2. The predicted octanol–water partition coefficient (Wildman–Crippen LogP) is 4.19. The van der Waals surface area contributed by atoms with E-state index < -0.39 is 0 Å². The third-order valence-corrected chi connectivity index (χ3v) is 7.05. The highest BCUT2D eigenvalue weighted by molar-refractivity contribution is 6.03.